The fourth-order valence-corrected chi connectivity index (χ4v) is 4.39. The number of hydrogen-bond donors (Lipinski definition) is 1. The summed E-state index contributed by atoms with van der Waals surface area (Å²) in [4.78, 5) is 29.7. The molecule has 1 aromatic rings. The Bertz CT molecular complexity index is 769. The van der Waals surface area contributed by atoms with Crippen molar-refractivity contribution in [2.45, 2.75) is 45.1 Å². The predicted molar refractivity (Wildman–Crippen MR) is 103 cm³/mol. The summed E-state index contributed by atoms with van der Waals surface area (Å²) in [5.74, 6) is 1.01. The molecule has 27 heavy (non-hydrogen) atoms. The summed E-state index contributed by atoms with van der Waals surface area (Å²) in [7, 11) is 0. The van der Waals surface area contributed by atoms with Gasteiger partial charge in [0.25, 0.3) is 5.91 Å². The standard InChI is InChI=1S/C22H28N2O3/c1-15-6-9-20(25)18(12-15)22(27)23-10-11-24(19(14-23)17-7-8-17)21(26)13-16-4-2-3-5-16/h2,4,6,9,12,16-17,19,25H,3,5,7-8,10-11,13-14H2,1H3. The number of piperazine rings is 1. The maximum atomic E-state index is 13.0. The first-order chi connectivity index (χ1) is 13.0. The molecule has 1 aliphatic heterocycles. The molecule has 1 saturated heterocycles. The third-order valence-electron chi connectivity index (χ3n) is 6.12. The molecular formula is C22H28N2O3. The Morgan fingerprint density at radius 2 is 2.00 bits per heavy atom. The van der Waals surface area contributed by atoms with Crippen molar-refractivity contribution in [2.24, 2.45) is 11.8 Å². The van der Waals surface area contributed by atoms with Crippen molar-refractivity contribution in [3.63, 3.8) is 0 Å². The summed E-state index contributed by atoms with van der Waals surface area (Å²) in [6.45, 7) is 3.61. The highest BCUT2D eigenvalue weighted by Gasteiger charge is 2.42. The third-order valence-corrected chi connectivity index (χ3v) is 6.12. The Morgan fingerprint density at radius 1 is 1.19 bits per heavy atom. The number of carbonyl (C=O) groups is 2. The van der Waals surface area contributed by atoms with Gasteiger partial charge in [-0.2, -0.15) is 0 Å². The van der Waals surface area contributed by atoms with E-state index in [9.17, 15) is 14.7 Å². The van der Waals surface area contributed by atoms with Gasteiger partial charge in [0.1, 0.15) is 5.75 Å². The second-order valence-corrected chi connectivity index (χ2v) is 8.23. The minimum atomic E-state index is -0.132. The van der Waals surface area contributed by atoms with Crippen LogP contribution in [-0.4, -0.2) is 52.4 Å². The molecule has 1 saturated carbocycles. The van der Waals surface area contributed by atoms with Gasteiger partial charge >= 0.3 is 0 Å². The van der Waals surface area contributed by atoms with Gasteiger partial charge in [0.05, 0.1) is 11.6 Å². The van der Waals surface area contributed by atoms with E-state index in [-0.39, 0.29) is 23.6 Å². The number of aryl methyl sites for hydroxylation is 1. The molecule has 2 atom stereocenters. The molecule has 0 aromatic heterocycles. The zero-order chi connectivity index (χ0) is 19.0. The van der Waals surface area contributed by atoms with E-state index < -0.39 is 0 Å². The maximum Gasteiger partial charge on any atom is 0.257 e. The number of phenols is 1. The van der Waals surface area contributed by atoms with Gasteiger partial charge in [0.15, 0.2) is 0 Å². The first-order valence-electron chi connectivity index (χ1n) is 10.1. The van der Waals surface area contributed by atoms with Crippen LogP contribution >= 0.6 is 0 Å². The van der Waals surface area contributed by atoms with Gasteiger partial charge in [0, 0.05) is 26.1 Å². The largest absolute Gasteiger partial charge is 0.507 e. The van der Waals surface area contributed by atoms with Crippen LogP contribution in [0.25, 0.3) is 0 Å². The van der Waals surface area contributed by atoms with E-state index in [0.717, 1.165) is 31.2 Å². The van der Waals surface area contributed by atoms with Crippen molar-refractivity contribution in [2.75, 3.05) is 19.6 Å². The minimum Gasteiger partial charge on any atom is -0.507 e. The SMILES string of the molecule is Cc1ccc(O)c(C(=O)N2CCN(C(=O)CC3C=CCC3)C(C3CC3)C2)c1. The highest BCUT2D eigenvalue weighted by atomic mass is 16.3. The Morgan fingerprint density at radius 3 is 2.70 bits per heavy atom. The summed E-state index contributed by atoms with van der Waals surface area (Å²) in [6.07, 6.45) is 9.35. The number of hydrogen-bond acceptors (Lipinski definition) is 3. The van der Waals surface area contributed by atoms with Gasteiger partial charge in [-0.25, -0.2) is 0 Å². The second-order valence-electron chi connectivity index (χ2n) is 8.23. The van der Waals surface area contributed by atoms with Crippen molar-refractivity contribution < 1.29 is 14.7 Å². The molecule has 0 spiro atoms. The van der Waals surface area contributed by atoms with Gasteiger partial charge in [-0.15, -0.1) is 0 Å². The van der Waals surface area contributed by atoms with Crippen LogP contribution in [0.3, 0.4) is 0 Å². The summed E-state index contributed by atoms with van der Waals surface area (Å²) < 4.78 is 0. The number of carbonyl (C=O) groups excluding carboxylic acids is 2. The zero-order valence-electron chi connectivity index (χ0n) is 15.9. The highest BCUT2D eigenvalue weighted by Crippen LogP contribution is 2.38. The molecule has 2 fully saturated rings. The fraction of sp³-hybridized carbons (Fsp3) is 0.545. The predicted octanol–water partition coefficient (Wildman–Crippen LogP) is 3.12. The van der Waals surface area contributed by atoms with Crippen molar-refractivity contribution in [3.05, 3.63) is 41.5 Å². The van der Waals surface area contributed by atoms with Crippen LogP contribution in [0.15, 0.2) is 30.4 Å². The lowest BCUT2D eigenvalue weighted by Gasteiger charge is -2.42. The molecule has 3 aliphatic rings. The third kappa shape index (κ3) is 3.87. The number of phenolic OH excluding ortho intramolecular Hbond substituents is 1. The van der Waals surface area contributed by atoms with E-state index in [2.05, 4.69) is 12.2 Å². The number of aromatic hydroxyl groups is 1. The number of benzene rings is 1. The number of rotatable bonds is 4. The van der Waals surface area contributed by atoms with Gasteiger partial charge < -0.3 is 14.9 Å². The zero-order valence-corrected chi connectivity index (χ0v) is 15.9. The van der Waals surface area contributed by atoms with Crippen LogP contribution < -0.4 is 0 Å². The summed E-state index contributed by atoms with van der Waals surface area (Å²) in [5, 5.41) is 10.1. The molecule has 1 aromatic carbocycles. The lowest BCUT2D eigenvalue weighted by atomic mass is 10.0. The molecule has 1 heterocycles. The van der Waals surface area contributed by atoms with Crippen molar-refractivity contribution in [3.8, 4) is 5.75 Å². The van der Waals surface area contributed by atoms with E-state index in [4.69, 9.17) is 0 Å². The Kier molecular flexibility index (Phi) is 4.94. The van der Waals surface area contributed by atoms with Crippen LogP contribution in [0.5, 0.6) is 5.75 Å². The van der Waals surface area contributed by atoms with Crippen molar-refractivity contribution in [1.82, 2.24) is 9.80 Å². The molecule has 5 nitrogen and oxygen atoms in total. The van der Waals surface area contributed by atoms with Gasteiger partial charge in [-0.3, -0.25) is 9.59 Å². The lowest BCUT2D eigenvalue weighted by molar-refractivity contribution is -0.137. The first-order valence-corrected chi connectivity index (χ1v) is 10.1. The molecular weight excluding hydrogens is 340 g/mol. The molecule has 5 heteroatoms. The van der Waals surface area contributed by atoms with Crippen molar-refractivity contribution in [1.29, 1.82) is 0 Å². The van der Waals surface area contributed by atoms with Gasteiger partial charge in [-0.1, -0.05) is 23.8 Å². The highest BCUT2D eigenvalue weighted by molar-refractivity contribution is 5.97. The number of amides is 2. The van der Waals surface area contributed by atoms with E-state index in [1.165, 1.54) is 0 Å². The minimum absolute atomic E-state index is 0.0279. The molecule has 0 bridgehead atoms. The smallest absolute Gasteiger partial charge is 0.257 e. The lowest BCUT2D eigenvalue weighted by Crippen LogP contribution is -2.57. The summed E-state index contributed by atoms with van der Waals surface area (Å²) in [6, 6.07) is 5.24. The monoisotopic (exact) mass is 368 g/mol. The quantitative estimate of drug-likeness (QED) is 0.831. The molecule has 144 valence electrons. The Balaban J connectivity index is 1.46. The van der Waals surface area contributed by atoms with Crippen LogP contribution in [-0.2, 0) is 4.79 Å². The van der Waals surface area contributed by atoms with Crippen molar-refractivity contribution >= 4 is 11.8 Å². The van der Waals surface area contributed by atoms with E-state index in [1.54, 1.807) is 18.2 Å². The Labute approximate surface area is 160 Å². The second kappa shape index (κ2) is 7.37. The first kappa shape index (κ1) is 18.1. The fourth-order valence-electron chi connectivity index (χ4n) is 4.39. The molecule has 4 rings (SSSR count). The van der Waals surface area contributed by atoms with E-state index in [1.807, 2.05) is 16.7 Å². The van der Waals surface area contributed by atoms with Crippen LogP contribution in [0, 0.1) is 18.8 Å². The summed E-state index contributed by atoms with van der Waals surface area (Å²) >= 11 is 0. The average molecular weight is 368 g/mol. The van der Waals surface area contributed by atoms with Crippen LogP contribution in [0.2, 0.25) is 0 Å². The van der Waals surface area contributed by atoms with E-state index >= 15 is 0 Å². The van der Waals surface area contributed by atoms with Crippen LogP contribution in [0.4, 0.5) is 0 Å². The Hall–Kier alpha value is -2.30. The molecule has 2 unspecified atom stereocenters. The molecule has 2 amide bonds. The van der Waals surface area contributed by atoms with Gasteiger partial charge in [0.2, 0.25) is 5.91 Å². The van der Waals surface area contributed by atoms with Crippen LogP contribution in [0.1, 0.15) is 48.0 Å². The molecule has 2 aliphatic carbocycles. The normalized spacial score (nSPS) is 25.1. The topological polar surface area (TPSA) is 60.9 Å². The van der Waals surface area contributed by atoms with Gasteiger partial charge in [-0.05, 0) is 56.6 Å². The molecule has 1 N–H and O–H groups in total. The summed E-state index contributed by atoms with van der Waals surface area (Å²) in [5.41, 5.74) is 1.31. The maximum absolute atomic E-state index is 13.0. The van der Waals surface area contributed by atoms with E-state index in [0.29, 0.717) is 43.5 Å². The number of allylic oxidation sites excluding steroid dienone is 2. The average Bonchev–Trinajstić information content (AvgIpc) is 3.40. The number of nitrogens with zero attached hydrogens (tertiary/aromatic N) is 2. The molecule has 0 radical (unpaired) electrons.